The number of hydrogen-bond acceptors (Lipinski definition) is 3. The molecule has 1 aliphatic heterocycles. The lowest BCUT2D eigenvalue weighted by atomic mass is 10.2. The van der Waals surface area contributed by atoms with Crippen LogP contribution in [0.5, 0.6) is 0 Å². The Morgan fingerprint density at radius 2 is 2.60 bits per heavy atom. The third-order valence-corrected chi connectivity index (χ3v) is 3.75. The minimum atomic E-state index is -0.0687. The van der Waals surface area contributed by atoms with Crippen molar-refractivity contribution in [3.05, 3.63) is 22.7 Å². The molecular formula is C11H16ClNOS. The summed E-state index contributed by atoms with van der Waals surface area (Å²) in [5.41, 5.74) is 0. The van der Waals surface area contributed by atoms with E-state index >= 15 is 0 Å². The van der Waals surface area contributed by atoms with Crippen molar-refractivity contribution in [1.29, 1.82) is 0 Å². The van der Waals surface area contributed by atoms with Gasteiger partial charge in [-0.25, -0.2) is 0 Å². The zero-order valence-electron chi connectivity index (χ0n) is 8.78. The Morgan fingerprint density at radius 1 is 1.80 bits per heavy atom. The van der Waals surface area contributed by atoms with Crippen molar-refractivity contribution in [2.45, 2.75) is 37.5 Å². The Bertz CT molecular complexity index is 265. The second-order valence-corrected chi connectivity index (χ2v) is 5.33. The van der Waals surface area contributed by atoms with Crippen molar-refractivity contribution in [2.24, 2.45) is 0 Å². The maximum atomic E-state index is 10.5. The molecule has 15 heavy (non-hydrogen) atoms. The van der Waals surface area contributed by atoms with Crippen LogP contribution in [0.1, 0.15) is 26.2 Å². The van der Waals surface area contributed by atoms with Crippen molar-refractivity contribution in [3.8, 4) is 0 Å². The first-order chi connectivity index (χ1) is 7.26. The SMILES string of the molecule is CCC(C=O)N/C=C/C1CCC=C(Cl)S1. The quantitative estimate of drug-likeness (QED) is 0.755. The van der Waals surface area contributed by atoms with Gasteiger partial charge in [0.2, 0.25) is 0 Å². The van der Waals surface area contributed by atoms with Gasteiger partial charge in [0.25, 0.3) is 0 Å². The summed E-state index contributed by atoms with van der Waals surface area (Å²) in [6.45, 7) is 1.98. The van der Waals surface area contributed by atoms with Gasteiger partial charge in [-0.2, -0.15) is 0 Å². The van der Waals surface area contributed by atoms with Crippen LogP contribution in [0.15, 0.2) is 22.7 Å². The van der Waals surface area contributed by atoms with Crippen LogP contribution >= 0.6 is 23.4 Å². The highest BCUT2D eigenvalue weighted by Crippen LogP contribution is 2.33. The molecule has 0 spiro atoms. The lowest BCUT2D eigenvalue weighted by molar-refractivity contribution is -0.109. The van der Waals surface area contributed by atoms with E-state index in [0.29, 0.717) is 5.25 Å². The van der Waals surface area contributed by atoms with Gasteiger partial charge in [0.1, 0.15) is 6.29 Å². The van der Waals surface area contributed by atoms with E-state index in [1.54, 1.807) is 11.8 Å². The van der Waals surface area contributed by atoms with E-state index < -0.39 is 0 Å². The summed E-state index contributed by atoms with van der Waals surface area (Å²) >= 11 is 7.59. The fraction of sp³-hybridized carbons (Fsp3) is 0.545. The van der Waals surface area contributed by atoms with Crippen molar-refractivity contribution < 1.29 is 4.79 Å². The van der Waals surface area contributed by atoms with Crippen LogP contribution in [-0.4, -0.2) is 17.6 Å². The second kappa shape index (κ2) is 6.96. The Hall–Kier alpha value is -0.410. The van der Waals surface area contributed by atoms with Gasteiger partial charge in [-0.05, 0) is 25.5 Å². The van der Waals surface area contributed by atoms with Crippen LogP contribution in [0.4, 0.5) is 0 Å². The summed E-state index contributed by atoms with van der Waals surface area (Å²) in [6.07, 6.45) is 9.88. The molecule has 0 bridgehead atoms. The van der Waals surface area contributed by atoms with Gasteiger partial charge in [-0.1, -0.05) is 30.7 Å². The molecule has 2 unspecified atom stereocenters. The zero-order chi connectivity index (χ0) is 11.1. The van der Waals surface area contributed by atoms with Crippen LogP contribution in [0.25, 0.3) is 0 Å². The van der Waals surface area contributed by atoms with Gasteiger partial charge in [0.05, 0.1) is 10.4 Å². The topological polar surface area (TPSA) is 29.1 Å². The fourth-order valence-electron chi connectivity index (χ4n) is 1.29. The zero-order valence-corrected chi connectivity index (χ0v) is 10.4. The van der Waals surface area contributed by atoms with Gasteiger partial charge < -0.3 is 10.1 Å². The molecule has 0 fully saturated rings. The highest BCUT2D eigenvalue weighted by molar-refractivity contribution is 8.05. The molecular weight excluding hydrogens is 230 g/mol. The first kappa shape index (κ1) is 12.7. The van der Waals surface area contributed by atoms with Crippen LogP contribution < -0.4 is 5.32 Å². The lowest BCUT2D eigenvalue weighted by Crippen LogP contribution is -2.24. The van der Waals surface area contributed by atoms with E-state index in [0.717, 1.165) is 29.9 Å². The average Bonchev–Trinajstić information content (AvgIpc) is 2.25. The standard InChI is InChI=1S/C11H16ClNOS/c1-2-9(8-14)13-7-6-10-4-3-5-11(12)15-10/h5-10,13H,2-4H2,1H3/b7-6+. The van der Waals surface area contributed by atoms with E-state index in [1.165, 1.54) is 0 Å². The maximum absolute atomic E-state index is 10.5. The summed E-state index contributed by atoms with van der Waals surface area (Å²) in [6, 6.07) is -0.0687. The smallest absolute Gasteiger partial charge is 0.142 e. The third-order valence-electron chi connectivity index (χ3n) is 2.25. The largest absolute Gasteiger partial charge is 0.382 e. The van der Waals surface area contributed by atoms with Gasteiger partial charge >= 0.3 is 0 Å². The predicted octanol–water partition coefficient (Wildman–Crippen LogP) is 3.04. The molecule has 1 heterocycles. The molecule has 0 saturated carbocycles. The predicted molar refractivity (Wildman–Crippen MR) is 67.0 cm³/mol. The number of hydrogen-bond donors (Lipinski definition) is 1. The molecule has 0 aromatic carbocycles. The Morgan fingerprint density at radius 3 is 3.20 bits per heavy atom. The number of nitrogens with one attached hydrogen (secondary N) is 1. The van der Waals surface area contributed by atoms with E-state index in [-0.39, 0.29) is 6.04 Å². The Balaban J connectivity index is 2.31. The maximum Gasteiger partial charge on any atom is 0.142 e. The molecule has 0 aromatic rings. The highest BCUT2D eigenvalue weighted by atomic mass is 35.5. The summed E-state index contributed by atoms with van der Waals surface area (Å²) < 4.78 is 0.873. The molecule has 0 aromatic heterocycles. The summed E-state index contributed by atoms with van der Waals surface area (Å²) in [5, 5.41) is 3.49. The number of aldehydes is 1. The highest BCUT2D eigenvalue weighted by Gasteiger charge is 2.11. The number of carbonyl (C=O) groups is 1. The Labute approximate surface area is 100 Å². The van der Waals surface area contributed by atoms with E-state index in [4.69, 9.17) is 11.6 Å². The Kier molecular flexibility index (Phi) is 5.88. The van der Waals surface area contributed by atoms with E-state index in [9.17, 15) is 4.79 Å². The molecule has 0 amide bonds. The molecule has 0 saturated heterocycles. The molecule has 2 atom stereocenters. The van der Waals surface area contributed by atoms with E-state index in [2.05, 4.69) is 11.4 Å². The number of allylic oxidation sites excluding steroid dienone is 1. The van der Waals surface area contributed by atoms with E-state index in [1.807, 2.05) is 19.2 Å². The molecule has 2 nitrogen and oxygen atoms in total. The summed E-state index contributed by atoms with van der Waals surface area (Å²) in [5.74, 6) is 0. The van der Waals surface area contributed by atoms with Crippen LogP contribution in [0.3, 0.4) is 0 Å². The minimum absolute atomic E-state index is 0.0687. The molecule has 1 N–H and O–H groups in total. The van der Waals surface area contributed by atoms with Crippen LogP contribution in [-0.2, 0) is 4.79 Å². The minimum Gasteiger partial charge on any atom is -0.382 e. The van der Waals surface area contributed by atoms with Crippen LogP contribution in [0, 0.1) is 0 Å². The molecule has 0 radical (unpaired) electrons. The van der Waals surface area contributed by atoms with Gasteiger partial charge in [-0.15, -0.1) is 11.8 Å². The fourth-order valence-corrected chi connectivity index (χ4v) is 2.65. The second-order valence-electron chi connectivity index (χ2n) is 3.42. The molecule has 84 valence electrons. The molecule has 1 aliphatic rings. The summed E-state index contributed by atoms with van der Waals surface area (Å²) in [7, 11) is 0. The monoisotopic (exact) mass is 245 g/mol. The van der Waals surface area contributed by atoms with Crippen molar-refractivity contribution >= 4 is 29.6 Å². The van der Waals surface area contributed by atoms with Gasteiger partial charge in [0, 0.05) is 5.25 Å². The summed E-state index contributed by atoms with van der Waals surface area (Å²) in [4.78, 5) is 10.5. The van der Waals surface area contributed by atoms with Crippen molar-refractivity contribution in [3.63, 3.8) is 0 Å². The average molecular weight is 246 g/mol. The molecule has 4 heteroatoms. The number of halogens is 1. The third kappa shape index (κ3) is 4.76. The number of thioether (sulfide) groups is 1. The molecule has 0 aliphatic carbocycles. The number of rotatable bonds is 5. The number of carbonyl (C=O) groups excluding carboxylic acids is 1. The first-order valence-electron chi connectivity index (χ1n) is 5.16. The lowest BCUT2D eigenvalue weighted by Gasteiger charge is -2.15. The normalized spacial score (nSPS) is 23.6. The van der Waals surface area contributed by atoms with Gasteiger partial charge in [-0.3, -0.25) is 0 Å². The molecule has 1 rings (SSSR count). The van der Waals surface area contributed by atoms with Crippen molar-refractivity contribution in [2.75, 3.05) is 0 Å². The first-order valence-corrected chi connectivity index (χ1v) is 6.42. The van der Waals surface area contributed by atoms with Crippen LogP contribution in [0.2, 0.25) is 0 Å². The van der Waals surface area contributed by atoms with Gasteiger partial charge in [0.15, 0.2) is 0 Å². The van der Waals surface area contributed by atoms with Crippen molar-refractivity contribution in [1.82, 2.24) is 5.32 Å².